The molecule has 266 valence electrons. The summed E-state index contributed by atoms with van der Waals surface area (Å²) in [6, 6.07) is -0.0966. The third-order valence-electron chi connectivity index (χ3n) is 14.4. The number of aliphatic hydroxyl groups is 2. The molecular weight excluding hydrogens is 574 g/mol. The third kappa shape index (κ3) is 7.38. The molecule has 0 bridgehead atoms. The Bertz CT molecular complexity index is 987. The van der Waals surface area contributed by atoms with E-state index < -0.39 is 23.0 Å². The SMILES string of the molecule is CCCCCCCCCCCCCC(=O)NC1CC[C@]2(C)[C@H]3C[C@H](O)[C@]4(C)[C@@H]([C@H](C)CCC)CC[C@H]4[C@@H]3[C@H](O)CC2(C(=O)OC)C1. The molecule has 0 saturated heterocycles. The van der Waals surface area contributed by atoms with Crippen molar-refractivity contribution in [3.63, 3.8) is 0 Å². The van der Waals surface area contributed by atoms with Crippen molar-refractivity contribution in [2.75, 3.05) is 7.11 Å². The number of fused-ring (bicyclic) bond motifs is 5. The molecule has 0 aromatic carbocycles. The highest BCUT2D eigenvalue weighted by atomic mass is 16.5. The van der Waals surface area contributed by atoms with Gasteiger partial charge in [0, 0.05) is 12.5 Å². The predicted octanol–water partition coefficient (Wildman–Crippen LogP) is 8.75. The summed E-state index contributed by atoms with van der Waals surface area (Å²) in [6.45, 7) is 11.4. The fourth-order valence-electron chi connectivity index (χ4n) is 11.9. The van der Waals surface area contributed by atoms with Crippen LogP contribution in [0.25, 0.3) is 0 Å². The van der Waals surface area contributed by atoms with Gasteiger partial charge in [0.2, 0.25) is 5.91 Å². The Hall–Kier alpha value is -1.14. The number of rotatable bonds is 17. The van der Waals surface area contributed by atoms with E-state index in [-0.39, 0.29) is 41.1 Å². The molecule has 6 nitrogen and oxygen atoms in total. The zero-order chi connectivity index (χ0) is 33.5. The van der Waals surface area contributed by atoms with Gasteiger partial charge in [-0.2, -0.15) is 0 Å². The molecule has 3 N–H and O–H groups in total. The summed E-state index contributed by atoms with van der Waals surface area (Å²) < 4.78 is 5.52. The summed E-state index contributed by atoms with van der Waals surface area (Å²) in [4.78, 5) is 26.9. The molecule has 6 heteroatoms. The molecule has 0 heterocycles. The lowest BCUT2D eigenvalue weighted by Gasteiger charge is -2.66. The summed E-state index contributed by atoms with van der Waals surface area (Å²) in [5.41, 5.74) is -1.45. The van der Waals surface area contributed by atoms with Gasteiger partial charge in [0.05, 0.1) is 24.7 Å². The van der Waals surface area contributed by atoms with Crippen molar-refractivity contribution in [1.29, 1.82) is 0 Å². The molecule has 4 aliphatic carbocycles. The Morgan fingerprint density at radius 3 is 2.09 bits per heavy atom. The fraction of sp³-hybridized carbons (Fsp3) is 0.950. The van der Waals surface area contributed by atoms with E-state index >= 15 is 0 Å². The number of methoxy groups -OCH3 is 1. The van der Waals surface area contributed by atoms with Crippen LogP contribution in [0.5, 0.6) is 0 Å². The first-order chi connectivity index (χ1) is 22.0. The number of aliphatic hydroxyl groups excluding tert-OH is 2. The van der Waals surface area contributed by atoms with Crippen molar-refractivity contribution in [2.24, 2.45) is 45.8 Å². The predicted molar refractivity (Wildman–Crippen MR) is 186 cm³/mol. The maximum atomic E-state index is 13.8. The van der Waals surface area contributed by atoms with Crippen molar-refractivity contribution in [3.8, 4) is 0 Å². The first kappa shape index (κ1) is 37.7. The molecule has 2 unspecified atom stereocenters. The van der Waals surface area contributed by atoms with Crippen molar-refractivity contribution in [2.45, 2.75) is 188 Å². The molecular formula is C40H71NO5. The molecule has 0 aliphatic heterocycles. The van der Waals surface area contributed by atoms with Gasteiger partial charge in [0.1, 0.15) is 0 Å². The average Bonchev–Trinajstić information content (AvgIpc) is 3.39. The van der Waals surface area contributed by atoms with Crippen molar-refractivity contribution >= 4 is 11.9 Å². The van der Waals surface area contributed by atoms with Crippen LogP contribution in [0.4, 0.5) is 0 Å². The summed E-state index contributed by atoms with van der Waals surface area (Å²) in [5.74, 6) is 1.25. The van der Waals surface area contributed by atoms with E-state index in [4.69, 9.17) is 4.74 Å². The first-order valence-electron chi connectivity index (χ1n) is 19.7. The molecule has 4 fully saturated rings. The number of hydrogen-bond acceptors (Lipinski definition) is 5. The highest BCUT2D eigenvalue weighted by Gasteiger charge is 2.71. The number of ether oxygens (including phenoxy) is 1. The summed E-state index contributed by atoms with van der Waals surface area (Å²) >= 11 is 0. The van der Waals surface area contributed by atoms with E-state index in [1.807, 2.05) is 0 Å². The summed E-state index contributed by atoms with van der Waals surface area (Å²) in [6.07, 6.45) is 21.0. The highest BCUT2D eigenvalue weighted by molar-refractivity contribution is 5.79. The number of amides is 1. The summed E-state index contributed by atoms with van der Waals surface area (Å²) in [5, 5.41) is 27.3. The number of unbranched alkanes of at least 4 members (excludes halogenated alkanes) is 10. The molecule has 1 amide bonds. The minimum absolute atomic E-state index is 0.0525. The first-order valence-corrected chi connectivity index (χ1v) is 19.7. The maximum absolute atomic E-state index is 13.8. The lowest BCUT2D eigenvalue weighted by molar-refractivity contribution is -0.238. The molecule has 46 heavy (non-hydrogen) atoms. The van der Waals surface area contributed by atoms with Gasteiger partial charge >= 0.3 is 5.97 Å². The van der Waals surface area contributed by atoms with Gasteiger partial charge in [-0.15, -0.1) is 0 Å². The second kappa shape index (κ2) is 16.5. The quantitative estimate of drug-likeness (QED) is 0.109. The van der Waals surface area contributed by atoms with Gasteiger partial charge in [-0.05, 0) is 91.8 Å². The Morgan fingerprint density at radius 2 is 1.48 bits per heavy atom. The van der Waals surface area contributed by atoms with Crippen LogP contribution in [0, 0.1) is 45.8 Å². The van der Waals surface area contributed by atoms with Crippen LogP contribution >= 0.6 is 0 Å². The van der Waals surface area contributed by atoms with Gasteiger partial charge in [-0.1, -0.05) is 112 Å². The van der Waals surface area contributed by atoms with Gasteiger partial charge in [-0.25, -0.2) is 0 Å². The summed E-state index contributed by atoms with van der Waals surface area (Å²) in [7, 11) is 1.47. The van der Waals surface area contributed by atoms with Crippen LogP contribution in [0.15, 0.2) is 0 Å². The number of esters is 1. The normalized spacial score (nSPS) is 39.2. The van der Waals surface area contributed by atoms with E-state index in [1.165, 1.54) is 71.3 Å². The number of carbonyl (C=O) groups is 2. The number of carbonyl (C=O) groups excluding carboxylic acids is 2. The molecule has 4 saturated carbocycles. The molecule has 0 aromatic heterocycles. The molecule has 0 radical (unpaired) electrons. The largest absolute Gasteiger partial charge is 0.469 e. The van der Waals surface area contributed by atoms with Crippen LogP contribution in [0.2, 0.25) is 0 Å². The van der Waals surface area contributed by atoms with Gasteiger partial charge in [0.25, 0.3) is 0 Å². The number of nitrogens with one attached hydrogen (secondary N) is 1. The molecule has 4 aliphatic rings. The highest BCUT2D eigenvalue weighted by Crippen LogP contribution is 2.71. The molecule has 11 atom stereocenters. The van der Waals surface area contributed by atoms with Crippen LogP contribution in [0.1, 0.15) is 169 Å². The monoisotopic (exact) mass is 646 g/mol. The van der Waals surface area contributed by atoms with E-state index in [1.54, 1.807) is 0 Å². The molecule has 0 aromatic rings. The van der Waals surface area contributed by atoms with E-state index in [0.717, 1.165) is 44.9 Å². The third-order valence-corrected chi connectivity index (χ3v) is 14.4. The van der Waals surface area contributed by atoms with E-state index in [0.29, 0.717) is 37.5 Å². The van der Waals surface area contributed by atoms with Gasteiger partial charge in [0.15, 0.2) is 0 Å². The number of hydrogen-bond donors (Lipinski definition) is 3. The topological polar surface area (TPSA) is 95.9 Å². The fourth-order valence-corrected chi connectivity index (χ4v) is 11.9. The maximum Gasteiger partial charge on any atom is 0.312 e. The average molecular weight is 646 g/mol. The lowest BCUT2D eigenvalue weighted by atomic mass is 9.38. The minimum Gasteiger partial charge on any atom is -0.469 e. The van der Waals surface area contributed by atoms with Crippen LogP contribution < -0.4 is 5.32 Å². The van der Waals surface area contributed by atoms with Crippen molar-refractivity contribution in [1.82, 2.24) is 5.32 Å². The van der Waals surface area contributed by atoms with Crippen LogP contribution in [-0.2, 0) is 14.3 Å². The Morgan fingerprint density at radius 1 is 0.848 bits per heavy atom. The zero-order valence-corrected chi connectivity index (χ0v) is 30.6. The van der Waals surface area contributed by atoms with Crippen LogP contribution in [0.3, 0.4) is 0 Å². The standard InChI is InChI=1S/C40H71NO5/c1-7-9-10-11-12-13-14-15-16-17-18-20-35(44)41-29-23-24-38(4)32-25-34(43)39(5)30(28(3)19-8-2)21-22-31(39)36(32)33(42)27-40(38,26-29)37(45)46-6/h28-34,36,42-43H,7-27H2,1-6H3,(H,41,44)/t28-,29?,30-,31+,32+,33-,34+,36+,38-,39-,40?/m1/s1. The second-order valence-electron chi connectivity index (χ2n) is 16.9. The van der Waals surface area contributed by atoms with Gasteiger partial charge in [-0.3, -0.25) is 9.59 Å². The zero-order valence-electron chi connectivity index (χ0n) is 30.6. The minimum atomic E-state index is -0.865. The van der Waals surface area contributed by atoms with Crippen molar-refractivity contribution in [3.05, 3.63) is 0 Å². The Balaban J connectivity index is 1.36. The smallest absolute Gasteiger partial charge is 0.312 e. The Kier molecular flexibility index (Phi) is 13.5. The van der Waals surface area contributed by atoms with E-state index in [9.17, 15) is 19.8 Å². The molecule has 4 rings (SSSR count). The lowest BCUT2D eigenvalue weighted by Crippen LogP contribution is -2.68. The van der Waals surface area contributed by atoms with E-state index in [2.05, 4.69) is 39.9 Å². The Labute approximate surface area is 282 Å². The molecule has 0 spiro atoms. The van der Waals surface area contributed by atoms with Gasteiger partial charge < -0.3 is 20.3 Å². The van der Waals surface area contributed by atoms with Crippen LogP contribution in [-0.4, -0.2) is 47.4 Å². The second-order valence-corrected chi connectivity index (χ2v) is 16.9. The van der Waals surface area contributed by atoms with Crippen molar-refractivity contribution < 1.29 is 24.5 Å².